The van der Waals surface area contributed by atoms with Crippen LogP contribution in [0, 0.1) is 0 Å². The van der Waals surface area contributed by atoms with Gasteiger partial charge in [0, 0.05) is 12.0 Å². The minimum Gasteiger partial charge on any atom is -0.477 e. The number of hydrogen-bond acceptors (Lipinski definition) is 5. The summed E-state index contributed by atoms with van der Waals surface area (Å²) in [6, 6.07) is 13.6. The molecule has 0 saturated carbocycles. The van der Waals surface area contributed by atoms with E-state index in [0.29, 0.717) is 18.9 Å². The number of nitrogens with zero attached hydrogens (tertiary/aromatic N) is 4. The molecule has 4 rings (SSSR count). The molecular weight excluding hydrogens is 345 g/mol. The summed E-state index contributed by atoms with van der Waals surface area (Å²) in [5, 5.41) is 7.21. The minimum absolute atomic E-state index is 0.0245. The highest BCUT2D eigenvalue weighted by atomic mass is 19.4. The molecule has 0 saturated heterocycles. The van der Waals surface area contributed by atoms with E-state index in [1.165, 1.54) is 18.5 Å². The van der Waals surface area contributed by atoms with Crippen molar-refractivity contribution >= 4 is 10.9 Å². The standard InChI is InChI=1S/C18H13F3N4O/c19-18(20,21)17(24-25-17)13-7-5-12(6-8-13)9-10-26-16-14-3-1-2-4-15(14)22-11-23-16/h1-8,11H,9-10H2. The molecule has 2 aromatic carbocycles. The molecule has 1 aliphatic rings. The number of aromatic nitrogens is 2. The van der Waals surface area contributed by atoms with Crippen LogP contribution in [0.2, 0.25) is 0 Å². The fourth-order valence-electron chi connectivity index (χ4n) is 2.71. The Morgan fingerprint density at radius 3 is 2.35 bits per heavy atom. The average molecular weight is 358 g/mol. The third-order valence-corrected chi connectivity index (χ3v) is 4.19. The minimum atomic E-state index is -4.51. The lowest BCUT2D eigenvalue weighted by Crippen LogP contribution is -2.30. The summed E-state index contributed by atoms with van der Waals surface area (Å²) in [5.74, 6) is 0.485. The van der Waals surface area contributed by atoms with Crippen LogP contribution < -0.4 is 4.74 Å². The van der Waals surface area contributed by atoms with E-state index in [0.717, 1.165) is 16.5 Å². The number of fused-ring (bicyclic) bond motifs is 1. The van der Waals surface area contributed by atoms with Crippen LogP contribution in [-0.2, 0) is 12.1 Å². The van der Waals surface area contributed by atoms with Crippen LogP contribution in [0.3, 0.4) is 0 Å². The highest BCUT2D eigenvalue weighted by Gasteiger charge is 2.65. The summed E-state index contributed by atoms with van der Waals surface area (Å²) >= 11 is 0. The zero-order valence-electron chi connectivity index (χ0n) is 13.4. The molecule has 8 heteroatoms. The molecule has 0 N–H and O–H groups in total. The van der Waals surface area contributed by atoms with Gasteiger partial charge in [0.2, 0.25) is 5.88 Å². The summed E-state index contributed by atoms with van der Waals surface area (Å²) < 4.78 is 44.7. The smallest absolute Gasteiger partial charge is 0.442 e. The van der Waals surface area contributed by atoms with E-state index in [9.17, 15) is 13.2 Å². The Kier molecular flexibility index (Phi) is 3.82. The Bertz CT molecular complexity index is 959. The second-order valence-corrected chi connectivity index (χ2v) is 5.86. The van der Waals surface area contributed by atoms with Gasteiger partial charge in [-0.05, 0) is 17.7 Å². The van der Waals surface area contributed by atoms with Crippen molar-refractivity contribution in [1.29, 1.82) is 0 Å². The largest absolute Gasteiger partial charge is 0.477 e. The number of rotatable bonds is 5. The van der Waals surface area contributed by atoms with Gasteiger partial charge in [-0.3, -0.25) is 0 Å². The van der Waals surface area contributed by atoms with Gasteiger partial charge in [-0.1, -0.05) is 36.4 Å². The van der Waals surface area contributed by atoms with Crippen molar-refractivity contribution in [3.63, 3.8) is 0 Å². The molecule has 0 spiro atoms. The van der Waals surface area contributed by atoms with Crippen LogP contribution in [0.5, 0.6) is 5.88 Å². The normalized spacial score (nSPS) is 15.2. The number of ether oxygens (including phenoxy) is 1. The highest BCUT2D eigenvalue weighted by Crippen LogP contribution is 2.52. The Balaban J connectivity index is 1.41. The lowest BCUT2D eigenvalue weighted by molar-refractivity contribution is -0.166. The van der Waals surface area contributed by atoms with E-state index in [1.807, 2.05) is 24.3 Å². The second-order valence-electron chi connectivity index (χ2n) is 5.86. The number of halogens is 3. The summed E-state index contributed by atoms with van der Waals surface area (Å²) in [6.45, 7) is 0.347. The summed E-state index contributed by atoms with van der Waals surface area (Å²) in [5.41, 5.74) is -0.708. The van der Waals surface area contributed by atoms with Crippen LogP contribution >= 0.6 is 0 Å². The van der Waals surface area contributed by atoms with Gasteiger partial charge in [0.1, 0.15) is 6.33 Å². The Morgan fingerprint density at radius 1 is 0.923 bits per heavy atom. The van der Waals surface area contributed by atoms with E-state index in [4.69, 9.17) is 4.74 Å². The van der Waals surface area contributed by atoms with E-state index in [-0.39, 0.29) is 5.56 Å². The third kappa shape index (κ3) is 2.87. The van der Waals surface area contributed by atoms with Crippen molar-refractivity contribution < 1.29 is 17.9 Å². The van der Waals surface area contributed by atoms with Crippen molar-refractivity contribution in [1.82, 2.24) is 9.97 Å². The predicted molar refractivity (Wildman–Crippen MR) is 87.8 cm³/mol. The molecule has 0 fully saturated rings. The Hall–Kier alpha value is -3.03. The average Bonchev–Trinajstić information content (AvgIpc) is 3.44. The quantitative estimate of drug-likeness (QED) is 0.678. The molecule has 26 heavy (non-hydrogen) atoms. The van der Waals surface area contributed by atoms with Gasteiger partial charge in [0.15, 0.2) is 0 Å². The molecule has 3 aromatic rings. The predicted octanol–water partition coefficient (Wildman–Crippen LogP) is 4.43. The van der Waals surface area contributed by atoms with Crippen molar-refractivity contribution in [3.05, 3.63) is 66.0 Å². The van der Waals surface area contributed by atoms with Gasteiger partial charge >= 0.3 is 11.8 Å². The summed E-state index contributed by atoms with van der Waals surface area (Å²) in [6.07, 6.45) is -2.54. The highest BCUT2D eigenvalue weighted by molar-refractivity contribution is 5.82. The topological polar surface area (TPSA) is 59.7 Å². The van der Waals surface area contributed by atoms with E-state index < -0.39 is 11.8 Å². The summed E-state index contributed by atoms with van der Waals surface area (Å²) in [4.78, 5) is 8.30. The molecule has 1 aromatic heterocycles. The monoisotopic (exact) mass is 358 g/mol. The van der Waals surface area contributed by atoms with E-state index >= 15 is 0 Å². The van der Waals surface area contributed by atoms with Crippen LogP contribution in [0.1, 0.15) is 11.1 Å². The molecule has 132 valence electrons. The third-order valence-electron chi connectivity index (χ3n) is 4.19. The molecular formula is C18H13F3N4O. The maximum atomic E-state index is 13.0. The Morgan fingerprint density at radius 2 is 1.65 bits per heavy atom. The zero-order valence-corrected chi connectivity index (χ0v) is 13.4. The molecule has 2 heterocycles. The van der Waals surface area contributed by atoms with Crippen LogP contribution in [0.25, 0.3) is 10.9 Å². The molecule has 0 atom stereocenters. The van der Waals surface area contributed by atoms with Crippen molar-refractivity contribution in [2.45, 2.75) is 18.3 Å². The van der Waals surface area contributed by atoms with Crippen molar-refractivity contribution in [2.24, 2.45) is 10.2 Å². The van der Waals surface area contributed by atoms with Gasteiger partial charge in [-0.25, -0.2) is 9.97 Å². The fourth-order valence-corrected chi connectivity index (χ4v) is 2.71. The molecule has 0 aliphatic carbocycles. The molecule has 0 amide bonds. The van der Waals surface area contributed by atoms with Gasteiger partial charge < -0.3 is 4.74 Å². The Labute approximate surface area is 146 Å². The van der Waals surface area contributed by atoms with Crippen LogP contribution in [-0.4, -0.2) is 22.8 Å². The fraction of sp³-hybridized carbons (Fsp3) is 0.222. The summed E-state index contributed by atoms with van der Waals surface area (Å²) in [7, 11) is 0. The van der Waals surface area contributed by atoms with E-state index in [1.54, 1.807) is 12.1 Å². The van der Waals surface area contributed by atoms with Crippen molar-refractivity contribution in [2.75, 3.05) is 6.61 Å². The maximum absolute atomic E-state index is 13.0. The number of benzene rings is 2. The first-order valence-electron chi connectivity index (χ1n) is 7.92. The molecule has 1 aliphatic heterocycles. The van der Waals surface area contributed by atoms with Gasteiger partial charge in [0.25, 0.3) is 0 Å². The van der Waals surface area contributed by atoms with Crippen LogP contribution in [0.4, 0.5) is 13.2 Å². The van der Waals surface area contributed by atoms with E-state index in [2.05, 4.69) is 20.2 Å². The molecule has 0 unspecified atom stereocenters. The maximum Gasteiger partial charge on any atom is 0.442 e. The zero-order chi connectivity index (χ0) is 18.2. The van der Waals surface area contributed by atoms with Crippen molar-refractivity contribution in [3.8, 4) is 5.88 Å². The SMILES string of the molecule is FC(F)(F)C1(c2ccc(CCOc3ncnc4ccccc34)cc2)N=N1. The first-order chi connectivity index (χ1) is 12.5. The molecule has 5 nitrogen and oxygen atoms in total. The van der Waals surface area contributed by atoms with Gasteiger partial charge in [-0.15, -0.1) is 10.2 Å². The number of hydrogen-bond donors (Lipinski definition) is 0. The number of alkyl halides is 3. The first kappa shape index (κ1) is 16.4. The lowest BCUT2D eigenvalue weighted by atomic mass is 10.0. The van der Waals surface area contributed by atoms with Crippen LogP contribution in [0.15, 0.2) is 65.1 Å². The lowest BCUT2D eigenvalue weighted by Gasteiger charge is -2.15. The second kappa shape index (κ2) is 6.05. The molecule has 0 bridgehead atoms. The van der Waals surface area contributed by atoms with Gasteiger partial charge in [0.05, 0.1) is 17.5 Å². The molecule has 0 radical (unpaired) electrons. The van der Waals surface area contributed by atoms with Gasteiger partial charge in [-0.2, -0.15) is 13.2 Å². The number of para-hydroxylation sites is 1. The first-order valence-corrected chi connectivity index (χ1v) is 7.92.